The van der Waals surface area contributed by atoms with Crippen LogP contribution in [0.25, 0.3) is 0 Å². The van der Waals surface area contributed by atoms with E-state index < -0.39 is 10.4 Å². The Balaban J connectivity index is 2.04. The van der Waals surface area contributed by atoms with Crippen molar-refractivity contribution >= 4 is 16.1 Å². The number of aromatic nitrogens is 1. The molecule has 1 aromatic heterocycles. The van der Waals surface area contributed by atoms with E-state index in [1.807, 2.05) is 12.4 Å². The molecule has 0 saturated heterocycles. The fourth-order valence-electron chi connectivity index (χ4n) is 2.90. The van der Waals surface area contributed by atoms with Crippen LogP contribution >= 0.6 is 0 Å². The summed E-state index contributed by atoms with van der Waals surface area (Å²) in [4.78, 5) is 6.55. The Morgan fingerprint density at radius 1 is 0.923 bits per heavy atom. The van der Waals surface area contributed by atoms with Crippen molar-refractivity contribution in [1.29, 1.82) is 0 Å². The summed E-state index contributed by atoms with van der Waals surface area (Å²) in [6.45, 7) is 4.41. The maximum atomic E-state index is 10.3. The Morgan fingerprint density at radius 3 is 2.04 bits per heavy atom. The quantitative estimate of drug-likeness (QED) is 0.240. The summed E-state index contributed by atoms with van der Waals surface area (Å²) in [6.07, 6.45) is 14.7. The van der Waals surface area contributed by atoms with E-state index in [4.69, 9.17) is 0 Å². The van der Waals surface area contributed by atoms with Gasteiger partial charge in [0.05, 0.1) is 6.61 Å². The minimum atomic E-state index is -4.52. The fraction of sp³-hybridized carbons (Fsp3) is 0.737. The third kappa shape index (κ3) is 12.2. The molecule has 0 amide bonds. The Bertz CT molecular complexity index is 552. The number of anilines is 1. The zero-order valence-corrected chi connectivity index (χ0v) is 16.8. The highest BCUT2D eigenvalue weighted by molar-refractivity contribution is 7.80. The summed E-state index contributed by atoms with van der Waals surface area (Å²) in [7, 11) is -4.52. The second-order valence-electron chi connectivity index (χ2n) is 6.60. The maximum Gasteiger partial charge on any atom is 0.217 e. The van der Waals surface area contributed by atoms with Gasteiger partial charge in [0.1, 0.15) is 0 Å². The molecule has 0 aliphatic carbocycles. The number of hydrogen-bond acceptors (Lipinski definition) is 6. The summed E-state index contributed by atoms with van der Waals surface area (Å²) in [5.41, 5.74) is 1.26. The fourth-order valence-corrected chi connectivity index (χ4v) is 3.22. The van der Waals surface area contributed by atoms with Crippen molar-refractivity contribution in [2.75, 3.05) is 24.6 Å². The Hall–Kier alpha value is -1.18. The maximum absolute atomic E-state index is 10.3. The zero-order valence-electron chi connectivity index (χ0n) is 15.9. The first-order valence-corrected chi connectivity index (χ1v) is 11.1. The van der Waals surface area contributed by atoms with Gasteiger partial charge >= 0.3 is 0 Å². The normalized spacial score (nSPS) is 11.6. The van der Waals surface area contributed by atoms with E-state index >= 15 is 0 Å². The minimum absolute atomic E-state index is 0.00837. The summed E-state index contributed by atoms with van der Waals surface area (Å²) in [5, 5.41) is 0. The molecule has 0 N–H and O–H groups in total. The van der Waals surface area contributed by atoms with Gasteiger partial charge in [0.25, 0.3) is 0 Å². The third-order valence-corrected chi connectivity index (χ3v) is 4.81. The van der Waals surface area contributed by atoms with Crippen molar-refractivity contribution in [2.24, 2.45) is 0 Å². The third-order valence-electron chi connectivity index (χ3n) is 4.36. The van der Waals surface area contributed by atoms with Crippen molar-refractivity contribution < 1.29 is 17.2 Å². The molecule has 1 rings (SSSR count). The number of unbranched alkanes of at least 4 members (excludes halogenated alkanes) is 8. The number of rotatable bonds is 16. The van der Waals surface area contributed by atoms with Gasteiger partial charge in [0.2, 0.25) is 10.4 Å². The molecular formula is C19H33N2O4S-. The van der Waals surface area contributed by atoms with Crippen LogP contribution in [0.4, 0.5) is 5.69 Å². The molecular weight excluding hydrogens is 352 g/mol. The van der Waals surface area contributed by atoms with Crippen LogP contribution in [0, 0.1) is 0 Å². The predicted molar refractivity (Wildman–Crippen MR) is 104 cm³/mol. The van der Waals surface area contributed by atoms with Crippen LogP contribution in [0.1, 0.15) is 71.1 Å². The van der Waals surface area contributed by atoms with Crippen molar-refractivity contribution in [2.45, 2.75) is 71.1 Å². The van der Waals surface area contributed by atoms with E-state index in [2.05, 4.69) is 33.1 Å². The van der Waals surface area contributed by atoms with Gasteiger partial charge in [-0.15, -0.1) is 0 Å². The monoisotopic (exact) mass is 385 g/mol. The minimum Gasteiger partial charge on any atom is -0.726 e. The average Bonchev–Trinajstić information content (AvgIpc) is 2.62. The lowest BCUT2D eigenvalue weighted by atomic mass is 10.1. The zero-order chi connectivity index (χ0) is 19.1. The highest BCUT2D eigenvalue weighted by Crippen LogP contribution is 2.15. The first-order valence-electron chi connectivity index (χ1n) is 9.78. The van der Waals surface area contributed by atoms with E-state index in [1.165, 1.54) is 44.2 Å². The highest BCUT2D eigenvalue weighted by Gasteiger charge is 2.05. The average molecular weight is 386 g/mol. The molecule has 0 atom stereocenters. The van der Waals surface area contributed by atoms with Gasteiger partial charge in [-0.3, -0.25) is 9.17 Å². The van der Waals surface area contributed by atoms with Crippen LogP contribution in [0.2, 0.25) is 0 Å². The summed E-state index contributed by atoms with van der Waals surface area (Å²) < 4.78 is 35.0. The van der Waals surface area contributed by atoms with Crippen LogP contribution < -0.4 is 4.90 Å². The summed E-state index contributed by atoms with van der Waals surface area (Å²) in [6, 6.07) is 4.16. The number of pyridine rings is 1. The molecule has 1 heterocycles. The lowest BCUT2D eigenvalue weighted by molar-refractivity contribution is 0.255. The Labute approximate surface area is 158 Å². The van der Waals surface area contributed by atoms with Crippen LogP contribution in [0.15, 0.2) is 24.5 Å². The molecule has 0 spiro atoms. The number of hydrogen-bond donors (Lipinski definition) is 0. The SMILES string of the molecule is CCCCN(CCCCCCCCCCOS(=O)(=O)[O-])c1ccncc1. The molecule has 0 aliphatic heterocycles. The van der Waals surface area contributed by atoms with Crippen molar-refractivity contribution in [3.63, 3.8) is 0 Å². The molecule has 0 radical (unpaired) electrons. The van der Waals surface area contributed by atoms with E-state index in [1.54, 1.807) is 0 Å². The van der Waals surface area contributed by atoms with Gasteiger partial charge in [0, 0.05) is 31.2 Å². The lowest BCUT2D eigenvalue weighted by Gasteiger charge is -2.24. The Morgan fingerprint density at radius 2 is 1.46 bits per heavy atom. The summed E-state index contributed by atoms with van der Waals surface area (Å²) >= 11 is 0. The van der Waals surface area contributed by atoms with E-state index in [0.29, 0.717) is 6.42 Å². The lowest BCUT2D eigenvalue weighted by Crippen LogP contribution is -2.25. The van der Waals surface area contributed by atoms with Gasteiger partial charge in [-0.1, -0.05) is 51.9 Å². The van der Waals surface area contributed by atoms with E-state index in [-0.39, 0.29) is 6.61 Å². The molecule has 0 aliphatic rings. The molecule has 26 heavy (non-hydrogen) atoms. The molecule has 7 heteroatoms. The largest absolute Gasteiger partial charge is 0.726 e. The van der Waals surface area contributed by atoms with Crippen LogP contribution in [-0.2, 0) is 14.6 Å². The highest BCUT2D eigenvalue weighted by atomic mass is 32.3. The van der Waals surface area contributed by atoms with Crippen LogP contribution in [-0.4, -0.2) is 37.7 Å². The van der Waals surface area contributed by atoms with Crippen LogP contribution in [0.3, 0.4) is 0 Å². The van der Waals surface area contributed by atoms with Crippen LogP contribution in [0.5, 0.6) is 0 Å². The molecule has 0 aromatic carbocycles. The topological polar surface area (TPSA) is 82.6 Å². The molecule has 150 valence electrons. The summed E-state index contributed by atoms with van der Waals surface area (Å²) in [5.74, 6) is 0. The molecule has 6 nitrogen and oxygen atoms in total. The second-order valence-corrected chi connectivity index (χ2v) is 7.66. The van der Waals surface area contributed by atoms with Gasteiger partial charge in [-0.2, -0.15) is 0 Å². The number of nitrogens with zero attached hydrogens (tertiary/aromatic N) is 2. The first-order chi connectivity index (χ1) is 12.5. The van der Waals surface area contributed by atoms with Gasteiger partial charge in [-0.05, 0) is 31.4 Å². The molecule has 0 fully saturated rings. The molecule has 0 unspecified atom stereocenters. The van der Waals surface area contributed by atoms with Gasteiger partial charge in [0.15, 0.2) is 0 Å². The molecule has 1 aromatic rings. The Kier molecular flexibility index (Phi) is 12.3. The van der Waals surface area contributed by atoms with Crippen molar-refractivity contribution in [1.82, 2.24) is 4.98 Å². The van der Waals surface area contributed by atoms with Gasteiger partial charge in [-0.25, -0.2) is 8.42 Å². The molecule has 0 saturated carbocycles. The van der Waals surface area contributed by atoms with E-state index in [9.17, 15) is 13.0 Å². The van der Waals surface area contributed by atoms with Gasteiger partial charge < -0.3 is 9.45 Å². The predicted octanol–water partition coefficient (Wildman–Crippen LogP) is 4.29. The standard InChI is InChI=1S/C19H34N2O4S/c1-2-3-16-21(19-12-14-20-15-13-19)17-10-8-6-4-5-7-9-11-18-25-26(22,23)24/h12-15H,2-11,16-18H2,1H3,(H,22,23,24)/p-1. The molecule has 0 bridgehead atoms. The van der Waals surface area contributed by atoms with E-state index in [0.717, 1.165) is 32.4 Å². The second kappa shape index (κ2) is 13.9. The smallest absolute Gasteiger partial charge is 0.217 e. The first kappa shape index (κ1) is 22.9. The van der Waals surface area contributed by atoms with Crippen molar-refractivity contribution in [3.05, 3.63) is 24.5 Å². The van der Waals surface area contributed by atoms with Crippen molar-refractivity contribution in [3.8, 4) is 0 Å².